The number of rotatable bonds is 0. The number of alkyl halides is 3. The first-order chi connectivity index (χ1) is 8.47. The average molecular weight is 256 g/mol. The molecule has 0 bridgehead atoms. The largest absolute Gasteiger partial charge is 0.418 e. The summed E-state index contributed by atoms with van der Waals surface area (Å²) in [7, 11) is 0. The average Bonchev–Trinajstić information content (AvgIpc) is 2.64. The lowest BCUT2D eigenvalue weighted by Crippen LogP contribution is -2.23. The number of fused-ring (bicyclic) bond motifs is 3. The lowest BCUT2D eigenvalue weighted by atomic mass is 10.1. The van der Waals surface area contributed by atoms with Crippen molar-refractivity contribution in [2.75, 3.05) is 0 Å². The van der Waals surface area contributed by atoms with Crippen LogP contribution in [-0.4, -0.2) is 20.8 Å². The number of hydrogen-bond donors (Lipinski definition) is 1. The SMILES string of the molecule is OC1CCn2c(nc3cccc(C(F)(F)F)c32)C1. The van der Waals surface area contributed by atoms with Crippen molar-refractivity contribution >= 4 is 11.0 Å². The first-order valence-electron chi connectivity index (χ1n) is 5.70. The highest BCUT2D eigenvalue weighted by molar-refractivity contribution is 5.80. The number of imidazole rings is 1. The van der Waals surface area contributed by atoms with Gasteiger partial charge >= 0.3 is 6.18 Å². The van der Waals surface area contributed by atoms with Crippen molar-refractivity contribution in [1.29, 1.82) is 0 Å². The van der Waals surface area contributed by atoms with Crippen molar-refractivity contribution in [3.63, 3.8) is 0 Å². The zero-order chi connectivity index (χ0) is 12.9. The van der Waals surface area contributed by atoms with Crippen LogP contribution in [0.15, 0.2) is 18.2 Å². The zero-order valence-electron chi connectivity index (χ0n) is 9.41. The van der Waals surface area contributed by atoms with E-state index in [4.69, 9.17) is 0 Å². The summed E-state index contributed by atoms with van der Waals surface area (Å²) >= 11 is 0. The number of benzene rings is 1. The van der Waals surface area contributed by atoms with Crippen LogP contribution in [-0.2, 0) is 19.1 Å². The van der Waals surface area contributed by atoms with E-state index in [1.807, 2.05) is 0 Å². The third-order valence-electron chi connectivity index (χ3n) is 3.26. The van der Waals surface area contributed by atoms with Gasteiger partial charge in [0.25, 0.3) is 0 Å². The van der Waals surface area contributed by atoms with Gasteiger partial charge in [-0.05, 0) is 18.6 Å². The molecule has 0 aliphatic carbocycles. The number of aliphatic hydroxyl groups excluding tert-OH is 1. The lowest BCUT2D eigenvalue weighted by molar-refractivity contribution is -0.136. The maximum Gasteiger partial charge on any atom is 0.418 e. The Morgan fingerprint density at radius 2 is 2.11 bits per heavy atom. The summed E-state index contributed by atoms with van der Waals surface area (Å²) in [6.45, 7) is 0.375. The minimum Gasteiger partial charge on any atom is -0.393 e. The predicted octanol–water partition coefficient (Wildman–Crippen LogP) is 2.36. The van der Waals surface area contributed by atoms with Crippen molar-refractivity contribution < 1.29 is 18.3 Å². The van der Waals surface area contributed by atoms with Crippen LogP contribution in [0.4, 0.5) is 13.2 Å². The molecule has 3 rings (SSSR count). The van der Waals surface area contributed by atoms with E-state index in [2.05, 4.69) is 4.98 Å². The highest BCUT2D eigenvalue weighted by Gasteiger charge is 2.35. The Labute approximate surface area is 101 Å². The zero-order valence-corrected chi connectivity index (χ0v) is 9.41. The molecule has 6 heteroatoms. The van der Waals surface area contributed by atoms with E-state index in [1.165, 1.54) is 6.07 Å². The molecule has 3 nitrogen and oxygen atoms in total. The van der Waals surface area contributed by atoms with Gasteiger partial charge in [-0.3, -0.25) is 0 Å². The molecule has 0 fully saturated rings. The molecule has 0 saturated carbocycles. The molecule has 1 unspecified atom stereocenters. The summed E-state index contributed by atoms with van der Waals surface area (Å²) < 4.78 is 40.4. The van der Waals surface area contributed by atoms with Gasteiger partial charge in [0, 0.05) is 13.0 Å². The fraction of sp³-hybridized carbons (Fsp3) is 0.417. The molecule has 0 radical (unpaired) electrons. The van der Waals surface area contributed by atoms with Crippen LogP contribution < -0.4 is 0 Å². The predicted molar refractivity (Wildman–Crippen MR) is 59.1 cm³/mol. The summed E-state index contributed by atoms with van der Waals surface area (Å²) in [5, 5.41) is 9.53. The minimum atomic E-state index is -4.38. The van der Waals surface area contributed by atoms with Crippen molar-refractivity contribution in [1.82, 2.24) is 9.55 Å². The molecule has 0 amide bonds. The second-order valence-corrected chi connectivity index (χ2v) is 4.50. The van der Waals surface area contributed by atoms with Gasteiger partial charge in [0.2, 0.25) is 0 Å². The normalized spacial score (nSPS) is 20.1. The fourth-order valence-electron chi connectivity index (χ4n) is 2.45. The number of halogens is 3. The van der Waals surface area contributed by atoms with E-state index >= 15 is 0 Å². The van der Waals surface area contributed by atoms with Crippen molar-refractivity contribution in [3.05, 3.63) is 29.6 Å². The van der Waals surface area contributed by atoms with Crippen LogP contribution in [0.3, 0.4) is 0 Å². The quantitative estimate of drug-likeness (QED) is 0.785. The van der Waals surface area contributed by atoms with E-state index in [-0.39, 0.29) is 5.52 Å². The molecule has 2 heterocycles. The Morgan fingerprint density at radius 1 is 1.33 bits per heavy atom. The third-order valence-corrected chi connectivity index (χ3v) is 3.26. The summed E-state index contributed by atoms with van der Waals surface area (Å²) in [6, 6.07) is 4.01. The summed E-state index contributed by atoms with van der Waals surface area (Å²) in [5.74, 6) is 0.528. The van der Waals surface area contributed by atoms with E-state index in [0.29, 0.717) is 30.7 Å². The Kier molecular flexibility index (Phi) is 2.38. The first kappa shape index (κ1) is 11.5. The Morgan fingerprint density at radius 3 is 2.83 bits per heavy atom. The number of aromatic nitrogens is 2. The van der Waals surface area contributed by atoms with E-state index in [1.54, 1.807) is 10.6 Å². The molecule has 1 aromatic heterocycles. The van der Waals surface area contributed by atoms with Crippen molar-refractivity contribution in [2.24, 2.45) is 0 Å². The molecule has 1 atom stereocenters. The standard InChI is InChI=1S/C12H11F3N2O/c13-12(14,15)8-2-1-3-9-11(8)17-5-4-7(18)6-10(17)16-9/h1-3,7,18H,4-6H2. The molecule has 1 aliphatic heterocycles. The fourth-order valence-corrected chi connectivity index (χ4v) is 2.45. The van der Waals surface area contributed by atoms with Gasteiger partial charge in [-0.25, -0.2) is 4.98 Å². The molecule has 1 N–H and O–H groups in total. The van der Waals surface area contributed by atoms with Crippen LogP contribution in [0, 0.1) is 0 Å². The molecular weight excluding hydrogens is 245 g/mol. The summed E-state index contributed by atoms with van der Waals surface area (Å²) in [4.78, 5) is 4.18. The van der Waals surface area contributed by atoms with Crippen LogP contribution >= 0.6 is 0 Å². The highest BCUT2D eigenvalue weighted by atomic mass is 19.4. The minimum absolute atomic E-state index is 0.131. The molecule has 96 valence electrons. The highest BCUT2D eigenvalue weighted by Crippen LogP contribution is 2.36. The summed E-state index contributed by atoms with van der Waals surface area (Å²) in [5.41, 5.74) is -0.184. The van der Waals surface area contributed by atoms with Gasteiger partial charge in [-0.15, -0.1) is 0 Å². The molecule has 0 saturated heterocycles. The summed E-state index contributed by atoms with van der Waals surface area (Å²) in [6.07, 6.45) is -4.12. The maximum atomic E-state index is 13.0. The van der Waals surface area contributed by atoms with Gasteiger partial charge < -0.3 is 9.67 Å². The molecular formula is C12H11F3N2O. The van der Waals surface area contributed by atoms with Crippen LogP contribution in [0.2, 0.25) is 0 Å². The van der Waals surface area contributed by atoms with Gasteiger partial charge in [0.05, 0.1) is 22.7 Å². The third kappa shape index (κ3) is 1.68. The van der Waals surface area contributed by atoms with Gasteiger partial charge in [-0.2, -0.15) is 13.2 Å². The Hall–Kier alpha value is -1.56. The molecule has 18 heavy (non-hydrogen) atoms. The van der Waals surface area contributed by atoms with E-state index < -0.39 is 17.8 Å². The van der Waals surface area contributed by atoms with Crippen LogP contribution in [0.5, 0.6) is 0 Å². The van der Waals surface area contributed by atoms with E-state index in [0.717, 1.165) is 6.07 Å². The topological polar surface area (TPSA) is 38.0 Å². The van der Waals surface area contributed by atoms with Crippen molar-refractivity contribution in [3.8, 4) is 0 Å². The molecule has 1 aliphatic rings. The van der Waals surface area contributed by atoms with Crippen molar-refractivity contribution in [2.45, 2.75) is 31.7 Å². The van der Waals surface area contributed by atoms with Gasteiger partial charge in [0.15, 0.2) is 0 Å². The van der Waals surface area contributed by atoms with Crippen LogP contribution in [0.1, 0.15) is 17.8 Å². The lowest BCUT2D eigenvalue weighted by Gasteiger charge is -2.20. The van der Waals surface area contributed by atoms with E-state index in [9.17, 15) is 18.3 Å². The molecule has 0 spiro atoms. The maximum absolute atomic E-state index is 13.0. The number of aryl methyl sites for hydroxylation is 1. The second kappa shape index (κ2) is 3.71. The smallest absolute Gasteiger partial charge is 0.393 e. The number of para-hydroxylation sites is 1. The molecule has 2 aromatic rings. The first-order valence-corrected chi connectivity index (χ1v) is 5.70. The monoisotopic (exact) mass is 256 g/mol. The Balaban J connectivity index is 2.28. The molecule has 1 aromatic carbocycles. The number of hydrogen-bond acceptors (Lipinski definition) is 2. The van der Waals surface area contributed by atoms with Crippen LogP contribution in [0.25, 0.3) is 11.0 Å². The Bertz CT molecular complexity index is 603. The second-order valence-electron chi connectivity index (χ2n) is 4.50. The van der Waals surface area contributed by atoms with Gasteiger partial charge in [0.1, 0.15) is 5.82 Å². The van der Waals surface area contributed by atoms with Gasteiger partial charge in [-0.1, -0.05) is 6.07 Å². The number of aliphatic hydroxyl groups is 1. The number of nitrogens with zero attached hydrogens (tertiary/aromatic N) is 2.